The molecule has 1 amide bonds. The second-order valence-corrected chi connectivity index (χ2v) is 6.95. The summed E-state index contributed by atoms with van der Waals surface area (Å²) in [4.78, 5) is 19.5. The summed E-state index contributed by atoms with van der Waals surface area (Å²) in [5.41, 5.74) is 7.02. The second kappa shape index (κ2) is 8.13. The van der Waals surface area contributed by atoms with Gasteiger partial charge in [0.05, 0.1) is 18.3 Å². The topological polar surface area (TPSA) is 104 Å². The first-order valence-electron chi connectivity index (χ1n) is 7.83. The van der Waals surface area contributed by atoms with E-state index in [0.717, 1.165) is 12.1 Å². The Labute approximate surface area is 162 Å². The number of aliphatic hydroxyl groups excluding tert-OH is 1. The lowest BCUT2D eigenvalue weighted by Crippen LogP contribution is -2.33. The summed E-state index contributed by atoms with van der Waals surface area (Å²) in [6, 6.07) is 4.64. The van der Waals surface area contributed by atoms with Crippen LogP contribution in [0.4, 0.5) is 8.78 Å². The molecule has 142 valence electrons. The molecule has 27 heavy (non-hydrogen) atoms. The first-order chi connectivity index (χ1) is 12.9. The summed E-state index contributed by atoms with van der Waals surface area (Å²) in [6.07, 6.45) is 0. The van der Waals surface area contributed by atoms with Crippen LogP contribution in [-0.2, 0) is 6.61 Å². The van der Waals surface area contributed by atoms with Crippen molar-refractivity contribution in [3.05, 3.63) is 62.7 Å². The van der Waals surface area contributed by atoms with E-state index in [1.165, 1.54) is 23.5 Å². The molecule has 10 heteroatoms. The number of hydrogen-bond donors (Lipinski definition) is 4. The highest BCUT2D eigenvalue weighted by Gasteiger charge is 2.19. The lowest BCUT2D eigenvalue weighted by atomic mass is 10.1. The maximum atomic E-state index is 13.6. The molecule has 2 aromatic heterocycles. The maximum absolute atomic E-state index is 13.6. The van der Waals surface area contributed by atoms with Crippen LogP contribution in [0.3, 0.4) is 0 Å². The average molecular weight is 413 g/mol. The van der Waals surface area contributed by atoms with Crippen molar-refractivity contribution in [1.29, 1.82) is 0 Å². The van der Waals surface area contributed by atoms with Crippen molar-refractivity contribution in [2.45, 2.75) is 12.6 Å². The third-order valence-electron chi connectivity index (χ3n) is 3.83. The maximum Gasteiger partial charge on any atom is 0.268 e. The SMILES string of the molecule is NC[C@@H](NC(=O)c1ccc(-c2cc(F)c(Cl)c(F)c2)[nH]1)c1csc(CO)n1. The Bertz CT molecular complexity index is 953. The van der Waals surface area contributed by atoms with Crippen LogP contribution in [0, 0.1) is 11.6 Å². The number of aliphatic hydroxyl groups is 1. The Kier molecular flexibility index (Phi) is 5.85. The molecule has 0 saturated carbocycles. The second-order valence-electron chi connectivity index (χ2n) is 5.63. The van der Waals surface area contributed by atoms with Gasteiger partial charge in [-0.1, -0.05) is 11.6 Å². The lowest BCUT2D eigenvalue weighted by Gasteiger charge is -2.14. The summed E-state index contributed by atoms with van der Waals surface area (Å²) in [5.74, 6) is -2.23. The number of rotatable bonds is 6. The number of aromatic nitrogens is 2. The number of carbonyl (C=O) groups excluding carboxylic acids is 1. The first kappa shape index (κ1) is 19.4. The van der Waals surface area contributed by atoms with E-state index in [0.29, 0.717) is 16.4 Å². The van der Waals surface area contributed by atoms with E-state index < -0.39 is 28.6 Å². The zero-order valence-corrected chi connectivity index (χ0v) is 15.4. The number of benzene rings is 1. The minimum atomic E-state index is -0.890. The van der Waals surface area contributed by atoms with E-state index in [1.807, 2.05) is 0 Å². The fraction of sp³-hybridized carbons (Fsp3) is 0.176. The fourth-order valence-electron chi connectivity index (χ4n) is 2.45. The van der Waals surface area contributed by atoms with Gasteiger partial charge in [-0.15, -0.1) is 11.3 Å². The van der Waals surface area contributed by atoms with Crippen LogP contribution < -0.4 is 11.1 Å². The minimum Gasteiger partial charge on any atom is -0.389 e. The highest BCUT2D eigenvalue weighted by molar-refractivity contribution is 7.09. The average Bonchev–Trinajstić information content (AvgIpc) is 3.33. The van der Waals surface area contributed by atoms with Gasteiger partial charge in [-0.2, -0.15) is 0 Å². The van der Waals surface area contributed by atoms with Crippen LogP contribution in [0.5, 0.6) is 0 Å². The molecule has 0 radical (unpaired) electrons. The molecular formula is C17H15ClF2N4O2S. The number of nitrogens with one attached hydrogen (secondary N) is 2. The molecule has 0 unspecified atom stereocenters. The summed E-state index contributed by atoms with van der Waals surface area (Å²) in [5, 5.41) is 13.5. The smallest absolute Gasteiger partial charge is 0.268 e. The Morgan fingerprint density at radius 3 is 2.67 bits per heavy atom. The number of amides is 1. The van der Waals surface area contributed by atoms with Gasteiger partial charge in [-0.3, -0.25) is 4.79 Å². The fourth-order valence-corrected chi connectivity index (χ4v) is 3.27. The van der Waals surface area contributed by atoms with Gasteiger partial charge in [-0.05, 0) is 24.3 Å². The molecule has 0 fully saturated rings. The van der Waals surface area contributed by atoms with Gasteiger partial charge in [0, 0.05) is 23.2 Å². The van der Waals surface area contributed by atoms with Crippen molar-refractivity contribution < 1.29 is 18.7 Å². The third-order valence-corrected chi connectivity index (χ3v) is 5.04. The number of thiazole rings is 1. The van der Waals surface area contributed by atoms with E-state index in [4.69, 9.17) is 22.4 Å². The molecule has 0 saturated heterocycles. The normalized spacial score (nSPS) is 12.2. The van der Waals surface area contributed by atoms with Gasteiger partial charge in [0.15, 0.2) is 0 Å². The standard InChI is InChI=1S/C17H15ClF2N4O2S/c18-16-9(19)3-8(4-10(16)20)11-1-2-12(22-11)17(26)24-13(5-21)14-7-27-15(6-25)23-14/h1-4,7,13,22,25H,5-6,21H2,(H,24,26)/t13-/m1/s1. The molecule has 3 rings (SSSR count). The molecule has 2 heterocycles. The van der Waals surface area contributed by atoms with E-state index in [1.54, 1.807) is 5.38 Å². The number of carbonyl (C=O) groups is 1. The highest BCUT2D eigenvalue weighted by Crippen LogP contribution is 2.27. The van der Waals surface area contributed by atoms with Crippen LogP contribution in [0.2, 0.25) is 5.02 Å². The number of H-pyrrole nitrogens is 1. The molecule has 1 atom stereocenters. The minimum absolute atomic E-state index is 0.113. The monoisotopic (exact) mass is 412 g/mol. The Hall–Kier alpha value is -2.33. The zero-order chi connectivity index (χ0) is 19.6. The van der Waals surface area contributed by atoms with Crippen molar-refractivity contribution in [2.75, 3.05) is 6.54 Å². The van der Waals surface area contributed by atoms with E-state index >= 15 is 0 Å². The lowest BCUT2D eigenvalue weighted by molar-refractivity contribution is 0.0932. The molecule has 0 aliphatic carbocycles. The zero-order valence-electron chi connectivity index (χ0n) is 13.8. The molecule has 3 aromatic rings. The van der Waals surface area contributed by atoms with Gasteiger partial charge in [0.25, 0.3) is 5.91 Å². The van der Waals surface area contributed by atoms with Gasteiger partial charge < -0.3 is 21.1 Å². The van der Waals surface area contributed by atoms with E-state index in [9.17, 15) is 13.6 Å². The molecule has 0 aliphatic rings. The highest BCUT2D eigenvalue weighted by atomic mass is 35.5. The molecular weight excluding hydrogens is 398 g/mol. The number of halogens is 3. The third kappa shape index (κ3) is 4.16. The largest absolute Gasteiger partial charge is 0.389 e. The number of nitrogens with two attached hydrogens (primary N) is 1. The van der Waals surface area contributed by atoms with Crippen LogP contribution in [0.15, 0.2) is 29.6 Å². The van der Waals surface area contributed by atoms with Crippen LogP contribution in [0.25, 0.3) is 11.3 Å². The summed E-state index contributed by atoms with van der Waals surface area (Å²) in [7, 11) is 0. The molecule has 1 aromatic carbocycles. The Balaban J connectivity index is 1.78. The quantitative estimate of drug-likeness (QED) is 0.467. The summed E-state index contributed by atoms with van der Waals surface area (Å²) in [6.45, 7) is -0.0778. The molecule has 0 bridgehead atoms. The number of hydrogen-bond acceptors (Lipinski definition) is 5. The van der Waals surface area contributed by atoms with Crippen LogP contribution >= 0.6 is 22.9 Å². The van der Waals surface area contributed by atoms with Gasteiger partial charge >= 0.3 is 0 Å². The van der Waals surface area contributed by atoms with Gasteiger partial charge in [-0.25, -0.2) is 13.8 Å². The van der Waals surface area contributed by atoms with Crippen molar-refractivity contribution >= 4 is 28.8 Å². The van der Waals surface area contributed by atoms with Gasteiger partial charge in [0.1, 0.15) is 27.4 Å². The van der Waals surface area contributed by atoms with Crippen molar-refractivity contribution in [3.8, 4) is 11.3 Å². The molecule has 0 aliphatic heterocycles. The van der Waals surface area contributed by atoms with E-state index in [2.05, 4.69) is 15.3 Å². The first-order valence-corrected chi connectivity index (χ1v) is 9.08. The van der Waals surface area contributed by atoms with Gasteiger partial charge in [0.2, 0.25) is 0 Å². The van der Waals surface area contributed by atoms with Crippen molar-refractivity contribution in [1.82, 2.24) is 15.3 Å². The predicted octanol–water partition coefficient (Wildman–Crippen LogP) is 2.99. The number of nitrogens with zero attached hydrogens (tertiary/aromatic N) is 1. The van der Waals surface area contributed by atoms with Crippen molar-refractivity contribution in [3.63, 3.8) is 0 Å². The molecule has 5 N–H and O–H groups in total. The number of aromatic amines is 1. The predicted molar refractivity (Wildman–Crippen MR) is 98.5 cm³/mol. The van der Waals surface area contributed by atoms with Crippen molar-refractivity contribution in [2.24, 2.45) is 5.73 Å². The van der Waals surface area contributed by atoms with Crippen LogP contribution in [-0.4, -0.2) is 27.5 Å². The Morgan fingerprint density at radius 1 is 1.37 bits per heavy atom. The molecule has 0 spiro atoms. The molecule has 6 nitrogen and oxygen atoms in total. The summed E-state index contributed by atoms with van der Waals surface area (Å²) >= 11 is 6.74. The summed E-state index contributed by atoms with van der Waals surface area (Å²) < 4.78 is 27.3. The van der Waals surface area contributed by atoms with Crippen LogP contribution in [0.1, 0.15) is 27.2 Å². The van der Waals surface area contributed by atoms with E-state index in [-0.39, 0.29) is 24.4 Å². The Morgan fingerprint density at radius 2 is 2.07 bits per heavy atom.